The summed E-state index contributed by atoms with van der Waals surface area (Å²) in [6.07, 6.45) is 0.297. The fraction of sp³-hybridized carbons (Fsp3) is 0.500. The maximum atomic E-state index is 11.7. The molecule has 0 aromatic carbocycles. The van der Waals surface area contributed by atoms with Crippen molar-refractivity contribution in [2.24, 2.45) is 0 Å². The lowest BCUT2D eigenvalue weighted by Gasteiger charge is -2.06. The Labute approximate surface area is 117 Å². The van der Waals surface area contributed by atoms with E-state index < -0.39 is 0 Å². The van der Waals surface area contributed by atoms with Crippen LogP contribution in [0.4, 0.5) is 0 Å². The highest BCUT2D eigenvalue weighted by Gasteiger charge is 2.12. The van der Waals surface area contributed by atoms with Crippen LogP contribution in [0.5, 0.6) is 0 Å². The van der Waals surface area contributed by atoms with Crippen molar-refractivity contribution < 1.29 is 14.1 Å². The molecule has 0 unspecified atom stereocenters. The summed E-state index contributed by atoms with van der Waals surface area (Å²) in [6.45, 7) is 8.26. The maximum absolute atomic E-state index is 11.7. The number of esters is 1. The summed E-state index contributed by atoms with van der Waals surface area (Å²) in [5, 5.41) is 8.13. The van der Waals surface area contributed by atoms with E-state index in [-0.39, 0.29) is 12.6 Å². The van der Waals surface area contributed by atoms with Gasteiger partial charge < -0.3 is 9.26 Å². The molecule has 0 fully saturated rings. The molecule has 0 spiro atoms. The van der Waals surface area contributed by atoms with Gasteiger partial charge in [-0.1, -0.05) is 5.16 Å². The molecule has 0 saturated carbocycles. The van der Waals surface area contributed by atoms with Gasteiger partial charge in [-0.05, 0) is 33.8 Å². The lowest BCUT2D eigenvalue weighted by atomic mass is 10.2. The number of carbonyl (C=O) groups is 1. The molecule has 2 rings (SSSR count). The third-order valence-corrected chi connectivity index (χ3v) is 3.19. The number of carbonyl (C=O) groups excluding carboxylic acids is 1. The monoisotopic (exact) mass is 277 g/mol. The zero-order chi connectivity index (χ0) is 14.7. The minimum Gasteiger partial charge on any atom is -0.461 e. The fourth-order valence-electron chi connectivity index (χ4n) is 2.03. The van der Waals surface area contributed by atoms with Gasteiger partial charge in [0, 0.05) is 5.69 Å². The first-order valence-corrected chi connectivity index (χ1v) is 6.56. The molecule has 2 aromatic heterocycles. The Morgan fingerprint density at radius 3 is 2.65 bits per heavy atom. The summed E-state index contributed by atoms with van der Waals surface area (Å²) in [5.74, 6) is 0.436. The Balaban J connectivity index is 1.83. The van der Waals surface area contributed by atoms with Crippen molar-refractivity contribution >= 4 is 5.97 Å². The largest absolute Gasteiger partial charge is 0.461 e. The molecule has 0 atom stereocenters. The van der Waals surface area contributed by atoms with Crippen molar-refractivity contribution in [1.82, 2.24) is 14.9 Å². The molecule has 6 nitrogen and oxygen atoms in total. The Bertz CT molecular complexity index is 594. The number of hydrogen-bond acceptors (Lipinski definition) is 5. The molecule has 0 amide bonds. The standard InChI is InChI=1S/C14H19N3O3/c1-9-7-10(2)17(15-9)6-5-14(18)19-8-13-11(3)16-20-12(13)4/h7H,5-6,8H2,1-4H3. The van der Waals surface area contributed by atoms with E-state index in [0.717, 1.165) is 22.6 Å². The van der Waals surface area contributed by atoms with Gasteiger partial charge in [0.1, 0.15) is 12.4 Å². The first-order valence-electron chi connectivity index (χ1n) is 6.56. The van der Waals surface area contributed by atoms with Crippen LogP contribution in [0.15, 0.2) is 10.6 Å². The van der Waals surface area contributed by atoms with E-state index in [4.69, 9.17) is 9.26 Å². The number of ether oxygens (including phenoxy) is 1. The summed E-state index contributed by atoms with van der Waals surface area (Å²) in [7, 11) is 0. The van der Waals surface area contributed by atoms with Gasteiger partial charge in [-0.15, -0.1) is 0 Å². The van der Waals surface area contributed by atoms with Gasteiger partial charge in [0.25, 0.3) is 0 Å². The van der Waals surface area contributed by atoms with E-state index in [2.05, 4.69) is 10.3 Å². The highest BCUT2D eigenvalue weighted by molar-refractivity contribution is 5.69. The molecule has 6 heteroatoms. The number of hydrogen-bond donors (Lipinski definition) is 0. The number of aryl methyl sites for hydroxylation is 5. The van der Waals surface area contributed by atoms with E-state index in [9.17, 15) is 4.79 Å². The molecular formula is C14H19N3O3. The predicted molar refractivity (Wildman–Crippen MR) is 72.1 cm³/mol. The lowest BCUT2D eigenvalue weighted by Crippen LogP contribution is -2.11. The van der Waals surface area contributed by atoms with Crippen molar-refractivity contribution in [2.75, 3.05) is 0 Å². The zero-order valence-corrected chi connectivity index (χ0v) is 12.3. The first-order chi connectivity index (χ1) is 9.47. The van der Waals surface area contributed by atoms with Gasteiger partial charge in [-0.25, -0.2) is 0 Å². The van der Waals surface area contributed by atoms with E-state index >= 15 is 0 Å². The summed E-state index contributed by atoms with van der Waals surface area (Å²) in [5.41, 5.74) is 3.59. The number of aromatic nitrogens is 3. The molecular weight excluding hydrogens is 258 g/mol. The summed E-state index contributed by atoms with van der Waals surface area (Å²) >= 11 is 0. The quantitative estimate of drug-likeness (QED) is 0.784. The van der Waals surface area contributed by atoms with Crippen molar-refractivity contribution in [3.63, 3.8) is 0 Å². The van der Waals surface area contributed by atoms with Crippen LogP contribution in [0.2, 0.25) is 0 Å². The molecule has 2 aromatic rings. The van der Waals surface area contributed by atoms with Crippen LogP contribution in [0.1, 0.15) is 34.8 Å². The topological polar surface area (TPSA) is 70.2 Å². The van der Waals surface area contributed by atoms with E-state index in [0.29, 0.717) is 18.7 Å². The Kier molecular flexibility index (Phi) is 4.22. The van der Waals surface area contributed by atoms with Crippen LogP contribution in [0.3, 0.4) is 0 Å². The normalized spacial score (nSPS) is 10.8. The molecule has 0 saturated heterocycles. The van der Waals surface area contributed by atoms with Gasteiger partial charge in [0.2, 0.25) is 0 Å². The van der Waals surface area contributed by atoms with Crippen molar-refractivity contribution in [2.45, 2.75) is 47.3 Å². The highest BCUT2D eigenvalue weighted by Crippen LogP contribution is 2.13. The Morgan fingerprint density at radius 2 is 2.10 bits per heavy atom. The average molecular weight is 277 g/mol. The van der Waals surface area contributed by atoms with Gasteiger partial charge in [-0.2, -0.15) is 5.10 Å². The first kappa shape index (κ1) is 14.3. The fourth-order valence-corrected chi connectivity index (χ4v) is 2.03. The lowest BCUT2D eigenvalue weighted by molar-refractivity contribution is -0.145. The van der Waals surface area contributed by atoms with Crippen molar-refractivity contribution in [3.05, 3.63) is 34.5 Å². The van der Waals surface area contributed by atoms with E-state index in [1.807, 2.05) is 31.5 Å². The molecule has 0 aliphatic rings. The van der Waals surface area contributed by atoms with Gasteiger partial charge >= 0.3 is 5.97 Å². The molecule has 0 bridgehead atoms. The molecule has 108 valence electrons. The second-order valence-corrected chi connectivity index (χ2v) is 4.86. The second kappa shape index (κ2) is 5.90. The van der Waals surface area contributed by atoms with E-state index in [1.165, 1.54) is 0 Å². The second-order valence-electron chi connectivity index (χ2n) is 4.86. The van der Waals surface area contributed by atoms with Gasteiger partial charge in [-0.3, -0.25) is 9.48 Å². The van der Waals surface area contributed by atoms with Crippen LogP contribution in [0, 0.1) is 27.7 Å². The minimum absolute atomic E-state index is 0.205. The smallest absolute Gasteiger partial charge is 0.308 e. The van der Waals surface area contributed by atoms with Crippen LogP contribution in [0.25, 0.3) is 0 Å². The van der Waals surface area contributed by atoms with Crippen molar-refractivity contribution in [1.29, 1.82) is 0 Å². The summed E-state index contributed by atoms with van der Waals surface area (Å²) < 4.78 is 12.1. The average Bonchev–Trinajstić information content (AvgIpc) is 2.88. The molecule has 20 heavy (non-hydrogen) atoms. The maximum Gasteiger partial charge on any atom is 0.308 e. The summed E-state index contributed by atoms with van der Waals surface area (Å²) in [4.78, 5) is 11.7. The van der Waals surface area contributed by atoms with Crippen LogP contribution in [-0.2, 0) is 22.7 Å². The van der Waals surface area contributed by atoms with Crippen LogP contribution < -0.4 is 0 Å². The van der Waals surface area contributed by atoms with Gasteiger partial charge in [0.05, 0.1) is 29.9 Å². The predicted octanol–water partition coefficient (Wildman–Crippen LogP) is 2.24. The zero-order valence-electron chi connectivity index (χ0n) is 12.3. The molecule has 0 radical (unpaired) electrons. The number of rotatable bonds is 5. The molecule has 0 aliphatic heterocycles. The highest BCUT2D eigenvalue weighted by atomic mass is 16.5. The third kappa shape index (κ3) is 3.26. The molecule has 2 heterocycles. The van der Waals surface area contributed by atoms with Gasteiger partial charge in [0.15, 0.2) is 0 Å². The van der Waals surface area contributed by atoms with Crippen molar-refractivity contribution in [3.8, 4) is 0 Å². The van der Waals surface area contributed by atoms with E-state index in [1.54, 1.807) is 6.92 Å². The SMILES string of the molecule is Cc1cc(C)n(CCC(=O)OCc2c(C)noc2C)n1. The molecule has 0 N–H and O–H groups in total. The summed E-state index contributed by atoms with van der Waals surface area (Å²) in [6, 6.07) is 1.98. The Morgan fingerprint density at radius 1 is 1.35 bits per heavy atom. The minimum atomic E-state index is -0.252. The Hall–Kier alpha value is -2.11. The molecule has 0 aliphatic carbocycles. The number of nitrogens with zero attached hydrogens (tertiary/aromatic N) is 3. The van der Waals surface area contributed by atoms with Crippen LogP contribution in [-0.4, -0.2) is 20.9 Å². The van der Waals surface area contributed by atoms with Crippen LogP contribution >= 0.6 is 0 Å². The third-order valence-electron chi connectivity index (χ3n) is 3.19.